The van der Waals surface area contributed by atoms with Crippen molar-refractivity contribution >= 4 is 0 Å². The highest BCUT2D eigenvalue weighted by atomic mass is 15.2. The molecule has 1 aliphatic carbocycles. The molecule has 0 radical (unpaired) electrons. The minimum absolute atomic E-state index is 0.329. The molecule has 2 rings (SSSR count). The van der Waals surface area contributed by atoms with Gasteiger partial charge in [0.1, 0.15) is 5.54 Å². The second-order valence-electron chi connectivity index (χ2n) is 7.22. The van der Waals surface area contributed by atoms with Crippen molar-refractivity contribution in [1.82, 2.24) is 10.2 Å². The molecule has 0 spiro atoms. The summed E-state index contributed by atoms with van der Waals surface area (Å²) in [6, 6.07) is 3.32. The van der Waals surface area contributed by atoms with Crippen LogP contribution in [0, 0.1) is 17.2 Å². The fourth-order valence-electron chi connectivity index (χ4n) is 4.37. The predicted molar refractivity (Wildman–Crippen MR) is 88.1 cm³/mol. The van der Waals surface area contributed by atoms with Crippen molar-refractivity contribution in [3.8, 4) is 6.07 Å². The Balaban J connectivity index is 1.71. The van der Waals surface area contributed by atoms with E-state index in [2.05, 4.69) is 23.2 Å². The van der Waals surface area contributed by atoms with Gasteiger partial charge in [-0.3, -0.25) is 5.32 Å². The van der Waals surface area contributed by atoms with E-state index in [0.717, 1.165) is 31.3 Å². The van der Waals surface area contributed by atoms with E-state index in [1.165, 1.54) is 58.0 Å². The highest BCUT2D eigenvalue weighted by Gasteiger charge is 2.32. The fraction of sp³-hybridized carbons (Fsp3) is 0.944. The summed E-state index contributed by atoms with van der Waals surface area (Å²) in [4.78, 5) is 2.77. The smallest absolute Gasteiger partial charge is 0.103 e. The maximum Gasteiger partial charge on any atom is 0.103 e. The molecule has 0 aromatic heterocycles. The number of hydrogen-bond acceptors (Lipinski definition) is 3. The quantitative estimate of drug-likeness (QED) is 0.727. The summed E-state index contributed by atoms with van der Waals surface area (Å²) in [6.07, 6.45) is 12.0. The summed E-state index contributed by atoms with van der Waals surface area (Å²) in [5.74, 6) is 0.985. The lowest BCUT2D eigenvalue weighted by molar-refractivity contribution is 0.0592. The second-order valence-corrected chi connectivity index (χ2v) is 7.22. The molecule has 1 aliphatic heterocycles. The summed E-state index contributed by atoms with van der Waals surface area (Å²) >= 11 is 0. The summed E-state index contributed by atoms with van der Waals surface area (Å²) in [5, 5.41) is 12.6. The monoisotopic (exact) mass is 291 g/mol. The molecule has 2 aliphatic rings. The van der Waals surface area contributed by atoms with Gasteiger partial charge < -0.3 is 4.90 Å². The Morgan fingerprint density at radius 1 is 1.19 bits per heavy atom. The van der Waals surface area contributed by atoms with Gasteiger partial charge in [0.2, 0.25) is 0 Å². The third kappa shape index (κ3) is 4.69. The lowest BCUT2D eigenvalue weighted by Crippen LogP contribution is -2.47. The van der Waals surface area contributed by atoms with Gasteiger partial charge in [-0.2, -0.15) is 5.26 Å². The van der Waals surface area contributed by atoms with E-state index in [9.17, 15) is 5.26 Å². The van der Waals surface area contributed by atoms with E-state index in [0.29, 0.717) is 0 Å². The Morgan fingerprint density at radius 3 is 2.71 bits per heavy atom. The minimum atomic E-state index is -0.329. The van der Waals surface area contributed by atoms with Crippen molar-refractivity contribution in [2.75, 3.05) is 19.6 Å². The molecular formula is C18H33N3. The average Bonchev–Trinajstić information content (AvgIpc) is 2.52. The van der Waals surface area contributed by atoms with Gasteiger partial charge in [-0.15, -0.1) is 0 Å². The van der Waals surface area contributed by atoms with Crippen molar-refractivity contribution in [3.63, 3.8) is 0 Å². The standard InChI is InChI=1S/C18H33N3/c1-3-20-18(2,15-19)12-6-7-13-21-14-8-10-16-9-4-5-11-17(16)21/h16-17,20H,3-14H2,1-2H3/t16-,17-,18?/m1/s1. The van der Waals surface area contributed by atoms with Crippen molar-refractivity contribution in [2.24, 2.45) is 5.92 Å². The van der Waals surface area contributed by atoms with Crippen molar-refractivity contribution in [3.05, 3.63) is 0 Å². The van der Waals surface area contributed by atoms with Crippen LogP contribution in [0.3, 0.4) is 0 Å². The number of piperidine rings is 1. The van der Waals surface area contributed by atoms with Crippen LogP contribution in [0.2, 0.25) is 0 Å². The molecule has 21 heavy (non-hydrogen) atoms. The highest BCUT2D eigenvalue weighted by Crippen LogP contribution is 2.35. The Bertz CT molecular complexity index is 347. The highest BCUT2D eigenvalue weighted by molar-refractivity contribution is 5.03. The Kier molecular flexibility index (Phi) is 6.51. The van der Waals surface area contributed by atoms with Gasteiger partial charge in [-0.05, 0) is 77.4 Å². The molecule has 0 amide bonds. The molecule has 1 unspecified atom stereocenters. The van der Waals surface area contributed by atoms with Crippen molar-refractivity contribution in [2.45, 2.75) is 83.2 Å². The summed E-state index contributed by atoms with van der Waals surface area (Å²) in [5.41, 5.74) is -0.329. The van der Waals surface area contributed by atoms with Crippen molar-refractivity contribution in [1.29, 1.82) is 5.26 Å². The number of rotatable bonds is 7. The van der Waals surface area contributed by atoms with Gasteiger partial charge in [0.05, 0.1) is 6.07 Å². The lowest BCUT2D eigenvalue weighted by Gasteiger charge is -2.44. The van der Waals surface area contributed by atoms with Gasteiger partial charge in [-0.1, -0.05) is 19.8 Å². The fourth-order valence-corrected chi connectivity index (χ4v) is 4.37. The van der Waals surface area contributed by atoms with Crippen molar-refractivity contribution < 1.29 is 0 Å². The first kappa shape index (κ1) is 16.8. The number of nitrogens with one attached hydrogen (secondary N) is 1. The first-order chi connectivity index (χ1) is 10.2. The van der Waals surface area contributed by atoms with Crippen LogP contribution in [0.5, 0.6) is 0 Å². The number of unbranched alkanes of at least 4 members (excludes halogenated alkanes) is 1. The van der Waals surface area contributed by atoms with Gasteiger partial charge in [0, 0.05) is 6.04 Å². The Hall–Kier alpha value is -0.590. The molecule has 120 valence electrons. The number of fused-ring (bicyclic) bond motifs is 1. The predicted octanol–water partition coefficient (Wildman–Crippen LogP) is 3.70. The van der Waals surface area contributed by atoms with Crippen LogP contribution in [0.25, 0.3) is 0 Å². The van der Waals surface area contributed by atoms with Gasteiger partial charge in [0.15, 0.2) is 0 Å². The summed E-state index contributed by atoms with van der Waals surface area (Å²) < 4.78 is 0. The van der Waals surface area contributed by atoms with E-state index >= 15 is 0 Å². The normalized spacial score (nSPS) is 29.4. The third-order valence-corrected chi connectivity index (χ3v) is 5.54. The molecule has 0 aromatic carbocycles. The van der Waals surface area contributed by atoms with Crippen LogP contribution in [-0.4, -0.2) is 36.1 Å². The zero-order chi connectivity index (χ0) is 15.1. The Labute approximate surface area is 131 Å². The first-order valence-electron chi connectivity index (χ1n) is 9.09. The third-order valence-electron chi connectivity index (χ3n) is 5.54. The average molecular weight is 291 g/mol. The maximum absolute atomic E-state index is 9.30. The number of hydrogen-bond donors (Lipinski definition) is 1. The van der Waals surface area contributed by atoms with E-state index in [-0.39, 0.29) is 5.54 Å². The number of likely N-dealkylation sites (tertiary alicyclic amines) is 1. The molecule has 1 N–H and O–H groups in total. The zero-order valence-corrected chi connectivity index (χ0v) is 14.0. The first-order valence-corrected chi connectivity index (χ1v) is 9.09. The Morgan fingerprint density at radius 2 is 1.95 bits per heavy atom. The van der Waals surface area contributed by atoms with Crippen LogP contribution < -0.4 is 5.32 Å². The molecule has 3 atom stereocenters. The van der Waals surface area contributed by atoms with Crippen LogP contribution in [0.4, 0.5) is 0 Å². The largest absolute Gasteiger partial charge is 0.300 e. The topological polar surface area (TPSA) is 39.1 Å². The maximum atomic E-state index is 9.30. The second kappa shape index (κ2) is 8.15. The van der Waals surface area contributed by atoms with Crippen LogP contribution in [0.1, 0.15) is 71.6 Å². The van der Waals surface area contributed by atoms with E-state index < -0.39 is 0 Å². The van der Waals surface area contributed by atoms with E-state index in [1.807, 2.05) is 6.92 Å². The minimum Gasteiger partial charge on any atom is -0.300 e. The van der Waals surface area contributed by atoms with Gasteiger partial charge >= 0.3 is 0 Å². The SMILES string of the molecule is CCNC(C)(C#N)CCCCN1CCC[C@H]2CCCC[C@H]21. The summed E-state index contributed by atoms with van der Waals surface area (Å²) in [6.45, 7) is 7.54. The molecule has 3 nitrogen and oxygen atoms in total. The number of nitriles is 1. The van der Waals surface area contributed by atoms with E-state index in [4.69, 9.17) is 0 Å². The van der Waals surface area contributed by atoms with Gasteiger partial charge in [0.25, 0.3) is 0 Å². The lowest BCUT2D eigenvalue weighted by atomic mass is 9.78. The molecule has 1 heterocycles. The van der Waals surface area contributed by atoms with Crippen LogP contribution in [-0.2, 0) is 0 Å². The van der Waals surface area contributed by atoms with Crippen LogP contribution in [0.15, 0.2) is 0 Å². The molecule has 1 saturated heterocycles. The van der Waals surface area contributed by atoms with Crippen LogP contribution >= 0.6 is 0 Å². The molecule has 3 heteroatoms. The molecule has 2 fully saturated rings. The molecule has 0 aromatic rings. The molecule has 1 saturated carbocycles. The van der Waals surface area contributed by atoms with Gasteiger partial charge in [-0.25, -0.2) is 0 Å². The molecular weight excluding hydrogens is 258 g/mol. The summed E-state index contributed by atoms with van der Waals surface area (Å²) in [7, 11) is 0. The van der Waals surface area contributed by atoms with E-state index in [1.54, 1.807) is 0 Å². The zero-order valence-electron chi connectivity index (χ0n) is 14.0. The molecule has 0 bridgehead atoms. The number of nitrogens with zero attached hydrogens (tertiary/aromatic N) is 2.